The third-order valence-corrected chi connectivity index (χ3v) is 5.31. The van der Waals surface area contributed by atoms with Crippen LogP contribution in [0.1, 0.15) is 24.9 Å². The second-order valence-electron chi connectivity index (χ2n) is 7.38. The average molecular weight is 400 g/mol. The molecule has 0 bridgehead atoms. The van der Waals surface area contributed by atoms with Crippen molar-refractivity contribution in [3.63, 3.8) is 0 Å². The minimum absolute atomic E-state index is 0.144. The lowest BCUT2D eigenvalue weighted by molar-refractivity contribution is -0.132. The standard InChI is InChI=1S/C25H24N2O3/c1-18(19-8-4-2-5-9-19)26-24(28)23-16-17-27(25(23)29)20-12-14-22(15-13-20)30-21-10-6-3-7-11-21/h2-15,18,23H,16-17H2,1H3,(H,26,28)/t18-,23+/m1/s1. The Kier molecular flexibility index (Phi) is 5.80. The number of hydrogen-bond acceptors (Lipinski definition) is 3. The van der Waals surface area contributed by atoms with Crippen LogP contribution in [0.3, 0.4) is 0 Å². The fourth-order valence-corrected chi connectivity index (χ4v) is 3.64. The second-order valence-corrected chi connectivity index (χ2v) is 7.38. The minimum Gasteiger partial charge on any atom is -0.457 e. The molecule has 0 spiro atoms. The zero-order valence-electron chi connectivity index (χ0n) is 16.8. The van der Waals surface area contributed by atoms with Gasteiger partial charge in [-0.2, -0.15) is 0 Å². The zero-order chi connectivity index (χ0) is 20.9. The van der Waals surface area contributed by atoms with Crippen LogP contribution in [0, 0.1) is 5.92 Å². The predicted molar refractivity (Wildman–Crippen MR) is 116 cm³/mol. The summed E-state index contributed by atoms with van der Waals surface area (Å²) in [5.41, 5.74) is 1.79. The van der Waals surface area contributed by atoms with Gasteiger partial charge in [-0.05, 0) is 55.3 Å². The van der Waals surface area contributed by atoms with E-state index in [-0.39, 0.29) is 17.9 Å². The molecule has 1 fully saturated rings. The summed E-state index contributed by atoms with van der Waals surface area (Å²) >= 11 is 0. The number of nitrogens with one attached hydrogen (secondary N) is 1. The Morgan fingerprint density at radius 3 is 2.20 bits per heavy atom. The largest absolute Gasteiger partial charge is 0.457 e. The van der Waals surface area contributed by atoms with Gasteiger partial charge in [-0.1, -0.05) is 48.5 Å². The Hall–Kier alpha value is -3.60. The van der Waals surface area contributed by atoms with Gasteiger partial charge in [0.05, 0.1) is 6.04 Å². The van der Waals surface area contributed by atoms with Crippen LogP contribution in [-0.4, -0.2) is 18.4 Å². The van der Waals surface area contributed by atoms with Gasteiger partial charge >= 0.3 is 0 Å². The van der Waals surface area contributed by atoms with Gasteiger partial charge in [0, 0.05) is 12.2 Å². The SMILES string of the molecule is C[C@@H](NC(=O)[C@@H]1CCN(c2ccc(Oc3ccccc3)cc2)C1=O)c1ccccc1. The van der Waals surface area contributed by atoms with Gasteiger partial charge in [0.25, 0.3) is 0 Å². The first-order chi connectivity index (χ1) is 14.6. The number of anilines is 1. The summed E-state index contributed by atoms with van der Waals surface area (Å²) < 4.78 is 5.80. The molecule has 1 saturated heterocycles. The molecule has 1 heterocycles. The number of hydrogen-bond donors (Lipinski definition) is 1. The molecule has 0 aliphatic carbocycles. The number of ether oxygens (including phenoxy) is 1. The first kappa shape index (κ1) is 19.7. The molecule has 1 aliphatic heterocycles. The van der Waals surface area contributed by atoms with E-state index in [1.807, 2.05) is 91.9 Å². The molecular formula is C25H24N2O3. The van der Waals surface area contributed by atoms with E-state index in [0.29, 0.717) is 18.7 Å². The van der Waals surface area contributed by atoms with Crippen molar-refractivity contribution in [1.82, 2.24) is 5.32 Å². The van der Waals surface area contributed by atoms with Crippen LogP contribution in [0.25, 0.3) is 0 Å². The lowest BCUT2D eigenvalue weighted by Crippen LogP contribution is -2.38. The quantitative estimate of drug-likeness (QED) is 0.610. The molecule has 0 radical (unpaired) electrons. The van der Waals surface area contributed by atoms with Crippen molar-refractivity contribution in [2.45, 2.75) is 19.4 Å². The Morgan fingerprint density at radius 1 is 0.933 bits per heavy atom. The van der Waals surface area contributed by atoms with Gasteiger partial charge in [-0.15, -0.1) is 0 Å². The number of para-hydroxylation sites is 1. The van der Waals surface area contributed by atoms with E-state index in [2.05, 4.69) is 5.32 Å². The molecule has 2 atom stereocenters. The van der Waals surface area contributed by atoms with Gasteiger partial charge in [0.1, 0.15) is 17.4 Å². The van der Waals surface area contributed by atoms with E-state index >= 15 is 0 Å². The molecule has 1 N–H and O–H groups in total. The van der Waals surface area contributed by atoms with Crippen molar-refractivity contribution >= 4 is 17.5 Å². The van der Waals surface area contributed by atoms with E-state index in [4.69, 9.17) is 4.74 Å². The smallest absolute Gasteiger partial charge is 0.239 e. The lowest BCUT2D eigenvalue weighted by Gasteiger charge is -2.19. The Morgan fingerprint density at radius 2 is 1.53 bits per heavy atom. The number of rotatable bonds is 6. The molecular weight excluding hydrogens is 376 g/mol. The van der Waals surface area contributed by atoms with Crippen LogP contribution in [0.15, 0.2) is 84.9 Å². The molecule has 3 aromatic carbocycles. The third-order valence-electron chi connectivity index (χ3n) is 5.31. The molecule has 1 aliphatic rings. The van der Waals surface area contributed by atoms with Crippen LogP contribution in [-0.2, 0) is 9.59 Å². The topological polar surface area (TPSA) is 58.6 Å². The van der Waals surface area contributed by atoms with Gasteiger partial charge in [0.2, 0.25) is 11.8 Å². The van der Waals surface area contributed by atoms with E-state index in [0.717, 1.165) is 17.0 Å². The van der Waals surface area contributed by atoms with E-state index in [1.54, 1.807) is 4.90 Å². The molecule has 0 aromatic heterocycles. The minimum atomic E-state index is -0.656. The van der Waals surface area contributed by atoms with Crippen LogP contribution in [0.5, 0.6) is 11.5 Å². The van der Waals surface area contributed by atoms with Crippen LogP contribution < -0.4 is 15.0 Å². The van der Waals surface area contributed by atoms with E-state index in [1.165, 1.54) is 0 Å². The molecule has 2 amide bonds. The normalized spacial score (nSPS) is 16.9. The number of nitrogens with zero attached hydrogens (tertiary/aromatic N) is 1. The van der Waals surface area contributed by atoms with Gasteiger partial charge in [0.15, 0.2) is 0 Å². The lowest BCUT2D eigenvalue weighted by atomic mass is 10.0. The highest BCUT2D eigenvalue weighted by Gasteiger charge is 2.38. The monoisotopic (exact) mass is 400 g/mol. The number of carbonyl (C=O) groups excluding carboxylic acids is 2. The summed E-state index contributed by atoms with van der Waals surface area (Å²) in [6.07, 6.45) is 0.508. The van der Waals surface area contributed by atoms with Gasteiger partial charge in [-0.25, -0.2) is 0 Å². The molecule has 0 saturated carbocycles. The maximum Gasteiger partial charge on any atom is 0.239 e. The summed E-state index contributed by atoms with van der Waals surface area (Å²) in [6, 6.07) is 26.5. The highest BCUT2D eigenvalue weighted by molar-refractivity contribution is 6.09. The first-order valence-corrected chi connectivity index (χ1v) is 10.1. The summed E-state index contributed by atoms with van der Waals surface area (Å²) in [4.78, 5) is 27.2. The maximum atomic E-state index is 12.9. The fraction of sp³-hybridized carbons (Fsp3) is 0.200. The summed E-state index contributed by atoms with van der Waals surface area (Å²) in [6.45, 7) is 2.45. The fourth-order valence-electron chi connectivity index (χ4n) is 3.64. The average Bonchev–Trinajstić information content (AvgIpc) is 3.17. The highest BCUT2D eigenvalue weighted by atomic mass is 16.5. The van der Waals surface area contributed by atoms with Crippen LogP contribution in [0.2, 0.25) is 0 Å². The molecule has 0 unspecified atom stereocenters. The molecule has 3 aromatic rings. The van der Waals surface area contributed by atoms with E-state index in [9.17, 15) is 9.59 Å². The van der Waals surface area contributed by atoms with Crippen LogP contribution in [0.4, 0.5) is 5.69 Å². The number of benzene rings is 3. The summed E-state index contributed by atoms with van der Waals surface area (Å²) in [5.74, 6) is 0.415. The predicted octanol–water partition coefficient (Wildman–Crippen LogP) is 4.71. The third kappa shape index (κ3) is 4.35. The molecule has 5 heteroatoms. The molecule has 4 rings (SSSR count). The number of amides is 2. The molecule has 30 heavy (non-hydrogen) atoms. The Balaban J connectivity index is 1.38. The summed E-state index contributed by atoms with van der Waals surface area (Å²) in [5, 5.41) is 2.97. The Bertz CT molecular complexity index is 1000. The van der Waals surface area contributed by atoms with Crippen molar-refractivity contribution < 1.29 is 14.3 Å². The number of carbonyl (C=O) groups is 2. The van der Waals surface area contributed by atoms with Crippen molar-refractivity contribution in [2.75, 3.05) is 11.4 Å². The van der Waals surface area contributed by atoms with Crippen molar-refractivity contribution in [2.24, 2.45) is 5.92 Å². The van der Waals surface area contributed by atoms with Gasteiger partial charge in [-0.3, -0.25) is 9.59 Å². The Labute approximate surface area is 176 Å². The maximum absolute atomic E-state index is 12.9. The first-order valence-electron chi connectivity index (χ1n) is 10.1. The molecule has 5 nitrogen and oxygen atoms in total. The van der Waals surface area contributed by atoms with Gasteiger partial charge < -0.3 is 15.0 Å². The van der Waals surface area contributed by atoms with Crippen molar-refractivity contribution in [3.05, 3.63) is 90.5 Å². The van der Waals surface area contributed by atoms with E-state index < -0.39 is 5.92 Å². The molecule has 152 valence electrons. The van der Waals surface area contributed by atoms with Crippen molar-refractivity contribution in [1.29, 1.82) is 0 Å². The van der Waals surface area contributed by atoms with Crippen molar-refractivity contribution in [3.8, 4) is 11.5 Å². The second kappa shape index (κ2) is 8.82. The highest BCUT2D eigenvalue weighted by Crippen LogP contribution is 2.29. The zero-order valence-corrected chi connectivity index (χ0v) is 16.8. The summed E-state index contributed by atoms with van der Waals surface area (Å²) in [7, 11) is 0. The van der Waals surface area contributed by atoms with Crippen LogP contribution >= 0.6 is 0 Å².